The number of thioether (sulfide) groups is 1. The van der Waals surface area contributed by atoms with Gasteiger partial charge < -0.3 is 5.32 Å². The highest BCUT2D eigenvalue weighted by Gasteiger charge is 2.28. The molecular weight excluding hydrogens is 458 g/mol. The predicted octanol–water partition coefficient (Wildman–Crippen LogP) is 4.43. The van der Waals surface area contributed by atoms with Gasteiger partial charge in [0.05, 0.1) is 23.2 Å². The fourth-order valence-electron chi connectivity index (χ4n) is 5.01. The Kier molecular flexibility index (Phi) is 6.65. The minimum atomic E-state index is -0.101. The average molecular weight is 490 g/mol. The molecular formula is C27H31N5O2S. The van der Waals surface area contributed by atoms with E-state index in [9.17, 15) is 9.59 Å². The van der Waals surface area contributed by atoms with E-state index < -0.39 is 0 Å². The molecule has 2 aromatic carbocycles. The maximum absolute atomic E-state index is 13.4. The third-order valence-corrected chi connectivity index (χ3v) is 8.25. The zero-order chi connectivity index (χ0) is 24.5. The average Bonchev–Trinajstić information content (AvgIpc) is 3.28. The third-order valence-electron chi connectivity index (χ3n) is 7.33. The molecule has 1 amide bonds. The van der Waals surface area contributed by atoms with Crippen LogP contribution in [0.5, 0.6) is 0 Å². The second-order valence-corrected chi connectivity index (χ2v) is 10.7. The van der Waals surface area contributed by atoms with Crippen LogP contribution in [0.1, 0.15) is 44.2 Å². The van der Waals surface area contributed by atoms with Crippen molar-refractivity contribution in [3.63, 3.8) is 0 Å². The first-order valence-corrected chi connectivity index (χ1v) is 13.3. The van der Waals surface area contributed by atoms with Crippen LogP contribution in [0, 0.1) is 18.8 Å². The smallest absolute Gasteiger partial charge is 0.263 e. The summed E-state index contributed by atoms with van der Waals surface area (Å²) in [5, 5.41) is 13.2. The van der Waals surface area contributed by atoms with Gasteiger partial charge in [0.25, 0.3) is 5.56 Å². The van der Waals surface area contributed by atoms with Crippen molar-refractivity contribution < 1.29 is 4.79 Å². The van der Waals surface area contributed by atoms with E-state index in [1.807, 2.05) is 59.9 Å². The van der Waals surface area contributed by atoms with Crippen molar-refractivity contribution in [1.29, 1.82) is 0 Å². The largest absolute Gasteiger partial charge is 0.352 e. The molecule has 0 bridgehead atoms. The molecule has 5 rings (SSSR count). The molecule has 0 radical (unpaired) electrons. The van der Waals surface area contributed by atoms with Gasteiger partial charge in [-0.1, -0.05) is 80.4 Å². The van der Waals surface area contributed by atoms with E-state index in [0.717, 1.165) is 23.9 Å². The summed E-state index contributed by atoms with van der Waals surface area (Å²) in [7, 11) is 0. The first-order chi connectivity index (χ1) is 16.9. The lowest BCUT2D eigenvalue weighted by Gasteiger charge is -2.34. The first-order valence-electron chi connectivity index (χ1n) is 12.3. The highest BCUT2D eigenvalue weighted by atomic mass is 32.2. The van der Waals surface area contributed by atoms with E-state index in [0.29, 0.717) is 34.7 Å². The van der Waals surface area contributed by atoms with Crippen LogP contribution >= 0.6 is 11.8 Å². The van der Waals surface area contributed by atoms with Gasteiger partial charge in [-0.15, -0.1) is 10.2 Å². The number of para-hydroxylation sites is 1. The van der Waals surface area contributed by atoms with Crippen molar-refractivity contribution in [3.8, 4) is 0 Å². The van der Waals surface area contributed by atoms with Gasteiger partial charge in [-0.2, -0.15) is 0 Å². The molecule has 4 aromatic rings. The minimum Gasteiger partial charge on any atom is -0.352 e. The molecule has 1 saturated carbocycles. The SMILES string of the molecule is Cc1ccc(Cn2c(=O)c3ccccc3n3c(SCC(=O)N[C@H]4CCC[C@@H](C)[C@@H]4C)nnc23)cc1. The maximum Gasteiger partial charge on any atom is 0.263 e. The first kappa shape index (κ1) is 23.6. The van der Waals surface area contributed by atoms with Gasteiger partial charge in [0.2, 0.25) is 11.7 Å². The van der Waals surface area contributed by atoms with Crippen molar-refractivity contribution in [2.75, 3.05) is 5.75 Å². The maximum atomic E-state index is 13.4. The Morgan fingerprint density at radius 2 is 1.86 bits per heavy atom. The second-order valence-electron chi connectivity index (χ2n) is 9.74. The van der Waals surface area contributed by atoms with Gasteiger partial charge in [-0.25, -0.2) is 0 Å². The van der Waals surface area contributed by atoms with E-state index >= 15 is 0 Å². The molecule has 1 aliphatic rings. The summed E-state index contributed by atoms with van der Waals surface area (Å²) in [5.74, 6) is 1.84. The Morgan fingerprint density at radius 1 is 1.09 bits per heavy atom. The fraction of sp³-hybridized carbons (Fsp3) is 0.407. The van der Waals surface area contributed by atoms with E-state index in [4.69, 9.17) is 0 Å². The van der Waals surface area contributed by atoms with Crippen molar-refractivity contribution in [3.05, 3.63) is 70.0 Å². The zero-order valence-corrected chi connectivity index (χ0v) is 21.2. The monoisotopic (exact) mass is 489 g/mol. The predicted molar refractivity (Wildman–Crippen MR) is 140 cm³/mol. The molecule has 1 N–H and O–H groups in total. The highest BCUT2D eigenvalue weighted by molar-refractivity contribution is 7.99. The van der Waals surface area contributed by atoms with Crippen molar-refractivity contribution in [2.24, 2.45) is 11.8 Å². The number of aromatic nitrogens is 4. The standard InChI is InChI=1S/C27H31N5O2S/c1-17-11-13-20(14-12-17)15-31-25(34)21-8-4-5-10-23(21)32-26(31)29-30-27(32)35-16-24(33)28-22-9-6-7-18(2)19(22)3/h4-5,8,10-14,18-19,22H,6-7,9,15-16H2,1-3H3,(H,28,33)/t18-,19+,22+/m1/s1. The van der Waals surface area contributed by atoms with Crippen LogP contribution in [0.15, 0.2) is 58.5 Å². The Labute approximate surface area is 208 Å². The van der Waals surface area contributed by atoms with Crippen molar-refractivity contribution in [2.45, 2.75) is 57.8 Å². The summed E-state index contributed by atoms with van der Waals surface area (Å²) in [4.78, 5) is 26.2. The topological polar surface area (TPSA) is 81.3 Å². The number of amides is 1. The van der Waals surface area contributed by atoms with E-state index in [-0.39, 0.29) is 23.3 Å². The quantitative estimate of drug-likeness (QED) is 0.405. The summed E-state index contributed by atoms with van der Waals surface area (Å²) in [5.41, 5.74) is 2.83. The van der Waals surface area contributed by atoms with Crippen molar-refractivity contribution >= 4 is 34.3 Å². The van der Waals surface area contributed by atoms with E-state index in [1.54, 1.807) is 4.57 Å². The summed E-state index contributed by atoms with van der Waals surface area (Å²) >= 11 is 1.35. The Hall–Kier alpha value is -3.13. The lowest BCUT2D eigenvalue weighted by Crippen LogP contribution is -2.44. The minimum absolute atomic E-state index is 0.00924. The lowest BCUT2D eigenvalue weighted by atomic mass is 9.78. The Balaban J connectivity index is 1.44. The number of nitrogens with one attached hydrogen (secondary N) is 1. The molecule has 2 aromatic heterocycles. The van der Waals surface area contributed by atoms with Gasteiger partial charge in [-0.3, -0.25) is 18.6 Å². The summed E-state index contributed by atoms with van der Waals surface area (Å²) in [6, 6.07) is 15.8. The second kappa shape index (κ2) is 9.85. The lowest BCUT2D eigenvalue weighted by molar-refractivity contribution is -0.120. The van der Waals surface area contributed by atoms with Crippen LogP contribution in [-0.2, 0) is 11.3 Å². The van der Waals surface area contributed by atoms with Crippen LogP contribution in [0.4, 0.5) is 0 Å². The number of fused-ring (bicyclic) bond motifs is 3. The number of carbonyl (C=O) groups excluding carboxylic acids is 1. The van der Waals surface area contributed by atoms with Crippen molar-refractivity contribution in [1.82, 2.24) is 24.5 Å². The highest BCUT2D eigenvalue weighted by Crippen LogP contribution is 2.30. The molecule has 7 nitrogen and oxygen atoms in total. The third kappa shape index (κ3) is 4.72. The number of hydrogen-bond donors (Lipinski definition) is 1. The van der Waals surface area contributed by atoms with E-state index in [2.05, 4.69) is 29.4 Å². The van der Waals surface area contributed by atoms with Gasteiger partial charge in [0.15, 0.2) is 5.16 Å². The molecule has 182 valence electrons. The number of benzene rings is 2. The molecule has 3 atom stereocenters. The van der Waals surface area contributed by atoms with Crippen LogP contribution in [-0.4, -0.2) is 36.9 Å². The number of carbonyl (C=O) groups is 1. The number of aryl methyl sites for hydroxylation is 1. The molecule has 8 heteroatoms. The van der Waals surface area contributed by atoms with Crippen LogP contribution in [0.3, 0.4) is 0 Å². The fourth-order valence-corrected chi connectivity index (χ4v) is 5.76. The molecule has 2 heterocycles. The van der Waals surface area contributed by atoms with Gasteiger partial charge in [0, 0.05) is 6.04 Å². The van der Waals surface area contributed by atoms with Gasteiger partial charge >= 0.3 is 0 Å². The molecule has 0 spiro atoms. The molecule has 1 fully saturated rings. The van der Waals surface area contributed by atoms with E-state index in [1.165, 1.54) is 23.7 Å². The summed E-state index contributed by atoms with van der Waals surface area (Å²) < 4.78 is 3.56. The molecule has 0 unspecified atom stereocenters. The Morgan fingerprint density at radius 3 is 2.66 bits per heavy atom. The van der Waals surface area contributed by atoms with Crippen LogP contribution in [0.25, 0.3) is 16.7 Å². The molecule has 35 heavy (non-hydrogen) atoms. The summed E-state index contributed by atoms with van der Waals surface area (Å²) in [6.07, 6.45) is 3.42. The van der Waals surface area contributed by atoms with Crippen LogP contribution in [0.2, 0.25) is 0 Å². The molecule has 0 saturated heterocycles. The number of hydrogen-bond acceptors (Lipinski definition) is 5. The number of nitrogens with zero attached hydrogens (tertiary/aromatic N) is 4. The molecule has 0 aliphatic heterocycles. The molecule has 1 aliphatic carbocycles. The summed E-state index contributed by atoms with van der Waals surface area (Å²) in [6.45, 7) is 6.93. The number of rotatable bonds is 6. The van der Waals surface area contributed by atoms with Gasteiger partial charge in [-0.05, 0) is 42.9 Å². The zero-order valence-electron chi connectivity index (χ0n) is 20.4. The normalized spacial score (nSPS) is 20.4. The van der Waals surface area contributed by atoms with Crippen LogP contribution < -0.4 is 10.9 Å². The van der Waals surface area contributed by atoms with Gasteiger partial charge in [0.1, 0.15) is 0 Å². The Bertz CT molecular complexity index is 1430.